The molecule has 0 bridgehead atoms. The van der Waals surface area contributed by atoms with Gasteiger partial charge in [-0.25, -0.2) is 4.99 Å². The maximum absolute atomic E-state index is 5.95. The van der Waals surface area contributed by atoms with E-state index in [0.717, 1.165) is 12.8 Å². The van der Waals surface area contributed by atoms with Gasteiger partial charge in [0.2, 0.25) is 5.96 Å². The number of nitrogens with zero attached hydrogens (tertiary/aromatic N) is 4. The molecule has 0 saturated carbocycles. The van der Waals surface area contributed by atoms with E-state index in [4.69, 9.17) is 11.5 Å². The van der Waals surface area contributed by atoms with E-state index in [9.17, 15) is 0 Å². The number of guanidine groups is 1. The quantitative estimate of drug-likeness (QED) is 0.303. The standard InChI is InChI=1S/C18H40N6/c1-16(2)15-21-18(20)22-17(19)9-7-6-8-10-24(5)13-11-23(3,4)12-14-24/h16H,6-15H2,1-5H3,(H4,19,20,21,22)/q+2. The van der Waals surface area contributed by atoms with Gasteiger partial charge in [0, 0.05) is 13.0 Å². The van der Waals surface area contributed by atoms with Gasteiger partial charge in [-0.15, -0.1) is 0 Å². The number of likely N-dealkylation sites (N-methyl/N-ethyl adjacent to an activating group) is 2. The van der Waals surface area contributed by atoms with Crippen molar-refractivity contribution >= 4 is 11.8 Å². The van der Waals surface area contributed by atoms with Gasteiger partial charge in [-0.05, 0) is 25.2 Å². The van der Waals surface area contributed by atoms with E-state index in [1.165, 1.54) is 54.5 Å². The van der Waals surface area contributed by atoms with Gasteiger partial charge >= 0.3 is 0 Å². The van der Waals surface area contributed by atoms with Crippen LogP contribution in [0.15, 0.2) is 9.98 Å². The molecule has 0 atom stereocenters. The molecule has 1 heterocycles. The monoisotopic (exact) mass is 340 g/mol. The van der Waals surface area contributed by atoms with Crippen LogP contribution in [0.5, 0.6) is 0 Å². The maximum Gasteiger partial charge on any atom is 0.216 e. The van der Waals surface area contributed by atoms with Crippen LogP contribution in [-0.2, 0) is 0 Å². The lowest BCUT2D eigenvalue weighted by molar-refractivity contribution is -1.01. The molecule has 4 N–H and O–H groups in total. The number of piperazine rings is 1. The maximum atomic E-state index is 5.95. The Morgan fingerprint density at radius 3 is 2.17 bits per heavy atom. The number of rotatable bonds is 8. The van der Waals surface area contributed by atoms with E-state index in [1.54, 1.807) is 0 Å². The van der Waals surface area contributed by atoms with Crippen molar-refractivity contribution < 1.29 is 8.97 Å². The molecule has 0 aliphatic carbocycles. The third-order valence-corrected chi connectivity index (χ3v) is 5.00. The van der Waals surface area contributed by atoms with Gasteiger partial charge in [-0.3, -0.25) is 4.99 Å². The minimum Gasteiger partial charge on any atom is -0.387 e. The zero-order valence-electron chi connectivity index (χ0n) is 16.6. The highest BCUT2D eigenvalue weighted by atomic mass is 15.4. The zero-order valence-corrected chi connectivity index (χ0v) is 16.6. The molecule has 0 aromatic rings. The minimum atomic E-state index is 0.313. The lowest BCUT2D eigenvalue weighted by Crippen LogP contribution is -2.62. The average Bonchev–Trinajstić information content (AvgIpc) is 2.48. The molecule has 0 spiro atoms. The van der Waals surface area contributed by atoms with Crippen LogP contribution in [0.1, 0.15) is 39.5 Å². The fourth-order valence-corrected chi connectivity index (χ4v) is 2.96. The summed E-state index contributed by atoms with van der Waals surface area (Å²) in [6, 6.07) is 0. The molecule has 0 radical (unpaired) electrons. The SMILES string of the molecule is CC(C)CN=C(N)N=C(N)CCCCC[N+]1(C)CC[N+](C)(C)CC1. The largest absolute Gasteiger partial charge is 0.387 e. The second kappa shape index (κ2) is 9.37. The fourth-order valence-electron chi connectivity index (χ4n) is 2.96. The highest BCUT2D eigenvalue weighted by molar-refractivity contribution is 5.94. The van der Waals surface area contributed by atoms with E-state index >= 15 is 0 Å². The molecule has 6 nitrogen and oxygen atoms in total. The van der Waals surface area contributed by atoms with Crippen molar-refractivity contribution in [3.63, 3.8) is 0 Å². The van der Waals surface area contributed by atoms with Gasteiger partial charge in [-0.2, -0.15) is 0 Å². The molecule has 6 heteroatoms. The molecule has 0 aromatic carbocycles. The first-order valence-corrected chi connectivity index (χ1v) is 9.40. The topological polar surface area (TPSA) is 76.8 Å². The van der Waals surface area contributed by atoms with Crippen molar-refractivity contribution in [2.24, 2.45) is 27.4 Å². The van der Waals surface area contributed by atoms with E-state index in [2.05, 4.69) is 45.0 Å². The third-order valence-electron chi connectivity index (χ3n) is 5.00. The molecule has 1 aliphatic heterocycles. The van der Waals surface area contributed by atoms with Crippen molar-refractivity contribution in [1.29, 1.82) is 0 Å². The van der Waals surface area contributed by atoms with Crippen LogP contribution in [0.2, 0.25) is 0 Å². The molecule has 1 aliphatic rings. The summed E-state index contributed by atoms with van der Waals surface area (Å²) in [6.07, 6.45) is 4.35. The van der Waals surface area contributed by atoms with Crippen molar-refractivity contribution in [3.05, 3.63) is 0 Å². The summed E-state index contributed by atoms with van der Waals surface area (Å²) >= 11 is 0. The van der Waals surface area contributed by atoms with Crippen LogP contribution in [0.3, 0.4) is 0 Å². The van der Waals surface area contributed by atoms with Crippen LogP contribution in [0, 0.1) is 5.92 Å². The highest BCUT2D eigenvalue weighted by Crippen LogP contribution is 2.15. The van der Waals surface area contributed by atoms with E-state index in [1.807, 2.05) is 0 Å². The molecule has 1 fully saturated rings. The first kappa shape index (κ1) is 20.9. The Bertz CT molecular complexity index is 429. The summed E-state index contributed by atoms with van der Waals surface area (Å²) in [4.78, 5) is 8.40. The first-order valence-electron chi connectivity index (χ1n) is 9.40. The number of nitrogens with two attached hydrogens (primary N) is 2. The fraction of sp³-hybridized carbons (Fsp3) is 0.889. The molecule has 0 amide bonds. The third kappa shape index (κ3) is 8.64. The molecule has 140 valence electrons. The molecule has 1 rings (SSSR count). The second-order valence-electron chi connectivity index (χ2n) is 8.68. The molecule has 0 aromatic heterocycles. The van der Waals surface area contributed by atoms with Gasteiger partial charge in [-0.1, -0.05) is 13.8 Å². The number of hydrogen-bond donors (Lipinski definition) is 2. The van der Waals surface area contributed by atoms with E-state index in [-0.39, 0.29) is 0 Å². The van der Waals surface area contributed by atoms with Gasteiger partial charge in [0.25, 0.3) is 0 Å². The normalized spacial score (nSPS) is 21.2. The summed E-state index contributed by atoms with van der Waals surface area (Å²) in [6.45, 7) is 11.3. The van der Waals surface area contributed by atoms with Crippen molar-refractivity contribution in [3.8, 4) is 0 Å². The Morgan fingerprint density at radius 1 is 0.958 bits per heavy atom. The smallest absolute Gasteiger partial charge is 0.216 e. The first-order chi connectivity index (χ1) is 11.1. The Hall–Kier alpha value is -1.14. The zero-order chi connectivity index (χ0) is 18.2. The van der Waals surface area contributed by atoms with Gasteiger partial charge in [0.15, 0.2) is 0 Å². The number of amidine groups is 1. The number of quaternary nitrogens is 2. The molecular weight excluding hydrogens is 300 g/mol. The Balaban J connectivity index is 2.20. The summed E-state index contributed by atoms with van der Waals surface area (Å²) in [5.41, 5.74) is 11.7. The predicted molar refractivity (Wildman–Crippen MR) is 104 cm³/mol. The summed E-state index contributed by atoms with van der Waals surface area (Å²) in [5.74, 6) is 1.41. The highest BCUT2D eigenvalue weighted by Gasteiger charge is 2.33. The predicted octanol–water partition coefficient (Wildman–Crippen LogP) is 1.41. The van der Waals surface area contributed by atoms with Crippen LogP contribution in [-0.4, -0.2) is 81.2 Å². The molecule has 24 heavy (non-hydrogen) atoms. The molecule has 1 saturated heterocycles. The molecule has 0 unspecified atom stereocenters. The summed E-state index contributed by atoms with van der Waals surface area (Å²) in [7, 11) is 7.07. The second-order valence-corrected chi connectivity index (χ2v) is 8.68. The Kier molecular flexibility index (Phi) is 8.16. The number of unbranched alkanes of at least 4 members (excludes halogenated alkanes) is 2. The summed E-state index contributed by atoms with van der Waals surface area (Å²) in [5, 5.41) is 0. The van der Waals surface area contributed by atoms with E-state index in [0.29, 0.717) is 24.3 Å². The van der Waals surface area contributed by atoms with Crippen molar-refractivity contribution in [2.75, 3.05) is 60.4 Å². The Morgan fingerprint density at radius 2 is 1.58 bits per heavy atom. The number of aliphatic imine (C=N–C) groups is 2. The van der Waals surface area contributed by atoms with Gasteiger partial charge in [0.1, 0.15) is 32.0 Å². The van der Waals surface area contributed by atoms with Crippen molar-refractivity contribution in [1.82, 2.24) is 0 Å². The van der Waals surface area contributed by atoms with Crippen LogP contribution >= 0.6 is 0 Å². The number of hydrogen-bond acceptors (Lipinski definition) is 1. The van der Waals surface area contributed by atoms with Crippen LogP contribution in [0.25, 0.3) is 0 Å². The van der Waals surface area contributed by atoms with E-state index < -0.39 is 0 Å². The van der Waals surface area contributed by atoms with Crippen molar-refractivity contribution in [2.45, 2.75) is 39.5 Å². The lowest BCUT2D eigenvalue weighted by atomic mass is 10.1. The Labute approximate surface area is 148 Å². The average molecular weight is 341 g/mol. The van der Waals surface area contributed by atoms with Gasteiger partial charge < -0.3 is 20.4 Å². The summed E-state index contributed by atoms with van der Waals surface area (Å²) < 4.78 is 2.39. The lowest BCUT2D eigenvalue weighted by Gasteiger charge is -2.44. The minimum absolute atomic E-state index is 0.313. The van der Waals surface area contributed by atoms with Crippen LogP contribution < -0.4 is 11.5 Å². The molecular formula is C18H40N6+2. The van der Waals surface area contributed by atoms with Gasteiger partial charge in [0.05, 0.1) is 27.7 Å². The van der Waals surface area contributed by atoms with Crippen LogP contribution in [0.4, 0.5) is 0 Å².